The zero-order valence-electron chi connectivity index (χ0n) is 15.0. The first kappa shape index (κ1) is 16.8. The summed E-state index contributed by atoms with van der Waals surface area (Å²) >= 11 is 0. The van der Waals surface area contributed by atoms with E-state index in [-0.39, 0.29) is 5.91 Å². The van der Waals surface area contributed by atoms with Gasteiger partial charge in [0.25, 0.3) is 5.91 Å². The van der Waals surface area contributed by atoms with Gasteiger partial charge in [-0.15, -0.1) is 0 Å². The Hall–Kier alpha value is -2.68. The number of carbonyl (C=O) groups is 1. The maximum atomic E-state index is 13.5. The van der Waals surface area contributed by atoms with Crippen LogP contribution in [0.4, 0.5) is 0 Å². The van der Waals surface area contributed by atoms with Gasteiger partial charge in [0.05, 0.1) is 11.1 Å². The van der Waals surface area contributed by atoms with Crippen LogP contribution in [0.1, 0.15) is 41.6 Å². The van der Waals surface area contributed by atoms with Crippen LogP contribution in [-0.4, -0.2) is 28.4 Å². The van der Waals surface area contributed by atoms with Gasteiger partial charge in [-0.3, -0.25) is 9.78 Å². The minimum Gasteiger partial charge on any atom is -0.335 e. The second-order valence-electron chi connectivity index (χ2n) is 7.05. The highest BCUT2D eigenvalue weighted by Gasteiger charge is 2.28. The molecule has 1 fully saturated rings. The zero-order chi connectivity index (χ0) is 17.8. The van der Waals surface area contributed by atoms with E-state index in [9.17, 15) is 4.79 Å². The van der Waals surface area contributed by atoms with E-state index in [0.29, 0.717) is 6.04 Å². The molecule has 0 atom stereocenters. The molecule has 1 heterocycles. The van der Waals surface area contributed by atoms with E-state index in [4.69, 9.17) is 0 Å². The van der Waals surface area contributed by atoms with Crippen LogP contribution >= 0.6 is 0 Å². The number of fused-ring (bicyclic) bond motifs is 1. The molecule has 2 aromatic carbocycles. The van der Waals surface area contributed by atoms with Gasteiger partial charge in [0.1, 0.15) is 0 Å². The summed E-state index contributed by atoms with van der Waals surface area (Å²) in [5.74, 6) is 0.145. The number of hydrogen-bond donors (Lipinski definition) is 0. The molecule has 0 N–H and O–H groups in total. The summed E-state index contributed by atoms with van der Waals surface area (Å²) in [6, 6.07) is 20.6. The lowest BCUT2D eigenvalue weighted by Crippen LogP contribution is -2.40. The third-order valence-corrected chi connectivity index (χ3v) is 5.39. The molecule has 0 bridgehead atoms. The largest absolute Gasteiger partial charge is 0.335 e. The summed E-state index contributed by atoms with van der Waals surface area (Å²) in [7, 11) is 0. The van der Waals surface area contributed by atoms with Crippen LogP contribution in [0.25, 0.3) is 10.9 Å². The fraction of sp³-hybridized carbons (Fsp3) is 0.304. The van der Waals surface area contributed by atoms with Gasteiger partial charge in [-0.05, 0) is 37.0 Å². The van der Waals surface area contributed by atoms with E-state index < -0.39 is 0 Å². The summed E-state index contributed by atoms with van der Waals surface area (Å²) in [4.78, 5) is 20.0. The highest BCUT2D eigenvalue weighted by molar-refractivity contribution is 6.06. The third-order valence-electron chi connectivity index (χ3n) is 5.39. The zero-order valence-corrected chi connectivity index (χ0v) is 15.0. The van der Waals surface area contributed by atoms with Crippen molar-refractivity contribution < 1.29 is 4.79 Å². The van der Waals surface area contributed by atoms with E-state index in [0.717, 1.165) is 42.3 Å². The molecule has 3 heteroatoms. The van der Waals surface area contributed by atoms with E-state index in [2.05, 4.69) is 34.1 Å². The number of benzene rings is 2. The Bertz CT molecular complexity index is 880. The molecule has 3 aromatic rings. The summed E-state index contributed by atoms with van der Waals surface area (Å²) in [6.07, 6.45) is 7.31. The normalized spacial score (nSPS) is 14.6. The molecule has 26 heavy (non-hydrogen) atoms. The smallest absolute Gasteiger partial charge is 0.254 e. The van der Waals surface area contributed by atoms with Gasteiger partial charge in [0, 0.05) is 24.2 Å². The number of carbonyl (C=O) groups excluding carboxylic acids is 1. The third kappa shape index (κ3) is 3.48. The van der Waals surface area contributed by atoms with Crippen molar-refractivity contribution in [2.75, 3.05) is 6.54 Å². The van der Waals surface area contributed by atoms with E-state index in [1.54, 1.807) is 6.20 Å². The average molecular weight is 344 g/mol. The first-order valence-electron chi connectivity index (χ1n) is 9.51. The minimum atomic E-state index is 0.145. The molecule has 0 spiro atoms. The monoisotopic (exact) mass is 344 g/mol. The van der Waals surface area contributed by atoms with Crippen LogP contribution in [0.5, 0.6) is 0 Å². The molecule has 0 radical (unpaired) electrons. The summed E-state index contributed by atoms with van der Waals surface area (Å²) in [5, 5.41) is 0.947. The molecule has 132 valence electrons. The van der Waals surface area contributed by atoms with E-state index in [1.807, 2.05) is 36.4 Å². The van der Waals surface area contributed by atoms with Gasteiger partial charge in [-0.2, -0.15) is 0 Å². The second kappa shape index (κ2) is 7.69. The van der Waals surface area contributed by atoms with Crippen molar-refractivity contribution >= 4 is 16.8 Å². The number of nitrogens with zero attached hydrogens (tertiary/aromatic N) is 2. The highest BCUT2D eigenvalue weighted by Crippen LogP contribution is 2.27. The molecule has 1 amide bonds. The fourth-order valence-electron chi connectivity index (χ4n) is 4.00. The van der Waals surface area contributed by atoms with Crippen molar-refractivity contribution in [2.45, 2.75) is 38.1 Å². The summed E-state index contributed by atoms with van der Waals surface area (Å²) in [6.45, 7) is 0.768. The molecule has 0 unspecified atom stereocenters. The number of hydrogen-bond acceptors (Lipinski definition) is 2. The number of pyridine rings is 1. The minimum absolute atomic E-state index is 0.145. The molecular weight excluding hydrogens is 320 g/mol. The Morgan fingerprint density at radius 2 is 1.69 bits per heavy atom. The number of amides is 1. The average Bonchev–Trinajstić information content (AvgIpc) is 3.23. The van der Waals surface area contributed by atoms with E-state index >= 15 is 0 Å². The van der Waals surface area contributed by atoms with Crippen molar-refractivity contribution in [1.29, 1.82) is 0 Å². The molecule has 0 aliphatic heterocycles. The Kier molecular flexibility index (Phi) is 4.96. The molecule has 1 aromatic heterocycles. The maximum Gasteiger partial charge on any atom is 0.254 e. The topological polar surface area (TPSA) is 33.2 Å². The molecule has 1 aliphatic carbocycles. The lowest BCUT2D eigenvalue weighted by atomic mass is 10.1. The molecular formula is C23H24N2O. The predicted molar refractivity (Wildman–Crippen MR) is 105 cm³/mol. The van der Waals surface area contributed by atoms with Gasteiger partial charge in [-0.1, -0.05) is 61.4 Å². The summed E-state index contributed by atoms with van der Waals surface area (Å²) < 4.78 is 0. The van der Waals surface area contributed by atoms with Crippen LogP contribution in [0.15, 0.2) is 66.9 Å². The van der Waals surface area contributed by atoms with E-state index in [1.165, 1.54) is 18.4 Å². The molecule has 3 nitrogen and oxygen atoms in total. The van der Waals surface area contributed by atoms with Crippen molar-refractivity contribution in [1.82, 2.24) is 9.88 Å². The number of aromatic nitrogens is 1. The van der Waals surface area contributed by atoms with Gasteiger partial charge in [0.2, 0.25) is 0 Å². The lowest BCUT2D eigenvalue weighted by Gasteiger charge is -2.29. The van der Waals surface area contributed by atoms with Gasteiger partial charge < -0.3 is 4.90 Å². The number of para-hydroxylation sites is 1. The van der Waals surface area contributed by atoms with Crippen LogP contribution in [0.2, 0.25) is 0 Å². The van der Waals surface area contributed by atoms with Gasteiger partial charge >= 0.3 is 0 Å². The lowest BCUT2D eigenvalue weighted by molar-refractivity contribution is 0.0686. The predicted octanol–water partition coefficient (Wildman–Crippen LogP) is 4.86. The van der Waals surface area contributed by atoms with Gasteiger partial charge in [-0.25, -0.2) is 0 Å². The molecule has 0 saturated heterocycles. The Balaban J connectivity index is 1.63. The molecule has 4 rings (SSSR count). The molecule has 1 aliphatic rings. The Morgan fingerprint density at radius 1 is 0.962 bits per heavy atom. The SMILES string of the molecule is O=C(c1ccnc2ccccc12)N(CCc1ccccc1)C1CCCC1. The van der Waals surface area contributed by atoms with Crippen molar-refractivity contribution in [2.24, 2.45) is 0 Å². The quantitative estimate of drug-likeness (QED) is 0.662. The van der Waals surface area contributed by atoms with Crippen LogP contribution in [0, 0.1) is 0 Å². The van der Waals surface area contributed by atoms with Crippen molar-refractivity contribution in [3.63, 3.8) is 0 Å². The number of rotatable bonds is 5. The molecule has 1 saturated carbocycles. The maximum absolute atomic E-state index is 13.5. The van der Waals surface area contributed by atoms with Crippen LogP contribution < -0.4 is 0 Å². The highest BCUT2D eigenvalue weighted by atomic mass is 16.2. The van der Waals surface area contributed by atoms with Crippen LogP contribution in [-0.2, 0) is 6.42 Å². The Labute approximate surface area is 154 Å². The Morgan fingerprint density at radius 3 is 2.50 bits per heavy atom. The summed E-state index contributed by atoms with van der Waals surface area (Å²) in [5.41, 5.74) is 2.94. The fourth-order valence-corrected chi connectivity index (χ4v) is 4.00. The first-order valence-corrected chi connectivity index (χ1v) is 9.51. The van der Waals surface area contributed by atoms with Crippen LogP contribution in [0.3, 0.4) is 0 Å². The second-order valence-corrected chi connectivity index (χ2v) is 7.05. The van der Waals surface area contributed by atoms with Crippen molar-refractivity contribution in [3.8, 4) is 0 Å². The van der Waals surface area contributed by atoms with Gasteiger partial charge in [0.15, 0.2) is 0 Å². The first-order chi connectivity index (χ1) is 12.8. The standard InChI is InChI=1S/C23H24N2O/c26-23(21-14-16-24-22-13-7-6-12-20(21)22)25(19-10-4-5-11-19)17-15-18-8-2-1-3-9-18/h1-3,6-9,12-14,16,19H,4-5,10-11,15,17H2. The van der Waals surface area contributed by atoms with Crippen molar-refractivity contribution in [3.05, 3.63) is 78.0 Å².